The average molecular weight is 448 g/mol. The second-order valence-electron chi connectivity index (χ2n) is 7.96. The zero-order chi connectivity index (χ0) is 23.4. The molecular weight excluding hydrogens is 429 g/mol. The Bertz CT molecular complexity index is 1300. The first-order valence-corrected chi connectivity index (χ1v) is 10.5. The highest BCUT2D eigenvalue weighted by molar-refractivity contribution is 6.29. The SMILES string of the molecule is CCN1C(=O)C2(C=Cc3ccccc32)C(=O)N(c2ccccc2)c2cc(C(F)(F)F)ccc21. The fraction of sp³-hybridized carbons (Fsp3) is 0.154. The van der Waals surface area contributed by atoms with Crippen molar-refractivity contribution >= 4 is 35.0 Å². The summed E-state index contributed by atoms with van der Waals surface area (Å²) < 4.78 is 40.9. The van der Waals surface area contributed by atoms with E-state index < -0.39 is 29.0 Å². The van der Waals surface area contributed by atoms with Crippen LogP contribution in [0.5, 0.6) is 0 Å². The molecule has 2 amide bonds. The number of amides is 2. The third kappa shape index (κ3) is 2.99. The van der Waals surface area contributed by atoms with Gasteiger partial charge in [-0.1, -0.05) is 54.6 Å². The average Bonchev–Trinajstić information content (AvgIpc) is 3.18. The highest BCUT2D eigenvalue weighted by Gasteiger charge is 2.55. The van der Waals surface area contributed by atoms with Gasteiger partial charge >= 0.3 is 6.18 Å². The van der Waals surface area contributed by atoms with Crippen LogP contribution in [-0.2, 0) is 21.2 Å². The Labute approximate surface area is 188 Å². The minimum atomic E-state index is -4.61. The molecule has 0 fully saturated rings. The molecule has 166 valence electrons. The lowest BCUT2D eigenvalue weighted by molar-refractivity contribution is -0.137. The Kier molecular flexibility index (Phi) is 4.67. The van der Waals surface area contributed by atoms with Crippen LogP contribution in [0.4, 0.5) is 30.2 Å². The summed E-state index contributed by atoms with van der Waals surface area (Å²) >= 11 is 0. The fourth-order valence-electron chi connectivity index (χ4n) is 4.63. The lowest BCUT2D eigenvalue weighted by atomic mass is 9.79. The molecule has 1 atom stereocenters. The van der Waals surface area contributed by atoms with Gasteiger partial charge in [0.15, 0.2) is 5.41 Å². The first kappa shape index (κ1) is 21.0. The van der Waals surface area contributed by atoms with Crippen molar-refractivity contribution in [2.24, 2.45) is 0 Å². The molecule has 1 unspecified atom stereocenters. The van der Waals surface area contributed by atoms with Crippen LogP contribution in [0, 0.1) is 0 Å². The maximum Gasteiger partial charge on any atom is 0.416 e. The van der Waals surface area contributed by atoms with Gasteiger partial charge in [-0.05, 0) is 48.4 Å². The number of carbonyl (C=O) groups is 2. The van der Waals surface area contributed by atoms with Crippen LogP contribution < -0.4 is 9.80 Å². The van der Waals surface area contributed by atoms with Crippen molar-refractivity contribution in [1.29, 1.82) is 0 Å². The van der Waals surface area contributed by atoms with E-state index in [2.05, 4.69) is 0 Å². The van der Waals surface area contributed by atoms with Crippen LogP contribution >= 0.6 is 0 Å². The first-order chi connectivity index (χ1) is 15.8. The van der Waals surface area contributed by atoms with Gasteiger partial charge < -0.3 is 4.90 Å². The van der Waals surface area contributed by atoms with Crippen LogP contribution in [0.25, 0.3) is 6.08 Å². The third-order valence-electron chi connectivity index (χ3n) is 6.19. The molecule has 1 aliphatic heterocycles. The summed E-state index contributed by atoms with van der Waals surface area (Å²) in [5, 5.41) is 0. The van der Waals surface area contributed by atoms with Gasteiger partial charge in [-0.15, -0.1) is 0 Å². The fourth-order valence-corrected chi connectivity index (χ4v) is 4.63. The normalized spacial score (nSPS) is 19.6. The molecule has 0 radical (unpaired) electrons. The molecule has 7 heteroatoms. The molecule has 0 saturated carbocycles. The number of hydrogen-bond acceptors (Lipinski definition) is 2. The number of para-hydroxylation sites is 1. The largest absolute Gasteiger partial charge is 0.416 e. The van der Waals surface area contributed by atoms with Crippen LogP contribution in [0.1, 0.15) is 23.6 Å². The number of fused-ring (bicyclic) bond motifs is 3. The van der Waals surface area contributed by atoms with Gasteiger partial charge in [-0.25, -0.2) is 0 Å². The first-order valence-electron chi connectivity index (χ1n) is 10.5. The van der Waals surface area contributed by atoms with Crippen molar-refractivity contribution < 1.29 is 22.8 Å². The summed E-state index contributed by atoms with van der Waals surface area (Å²) in [7, 11) is 0. The Morgan fingerprint density at radius 2 is 1.55 bits per heavy atom. The van der Waals surface area contributed by atoms with Gasteiger partial charge in [0.2, 0.25) is 0 Å². The number of hydrogen-bond donors (Lipinski definition) is 0. The van der Waals surface area contributed by atoms with Crippen molar-refractivity contribution in [3.05, 3.63) is 95.6 Å². The van der Waals surface area contributed by atoms with E-state index in [-0.39, 0.29) is 17.9 Å². The second-order valence-corrected chi connectivity index (χ2v) is 7.96. The van der Waals surface area contributed by atoms with Crippen LogP contribution in [0.15, 0.2) is 78.9 Å². The van der Waals surface area contributed by atoms with Crippen LogP contribution in [-0.4, -0.2) is 18.4 Å². The summed E-state index contributed by atoms with van der Waals surface area (Å²) in [5.74, 6) is -1.10. The maximum absolute atomic E-state index is 14.3. The number of nitrogens with zero attached hydrogens (tertiary/aromatic N) is 2. The molecule has 3 aromatic carbocycles. The molecular formula is C26H19F3N2O2. The highest BCUT2D eigenvalue weighted by atomic mass is 19.4. The predicted octanol–water partition coefficient (Wildman–Crippen LogP) is 5.70. The van der Waals surface area contributed by atoms with E-state index in [4.69, 9.17) is 0 Å². The number of rotatable bonds is 2. The molecule has 4 nitrogen and oxygen atoms in total. The zero-order valence-electron chi connectivity index (χ0n) is 17.6. The number of halogens is 3. The zero-order valence-corrected chi connectivity index (χ0v) is 17.6. The number of likely N-dealkylation sites (N-methyl/N-ethyl adjacent to an activating group) is 1. The van der Waals surface area contributed by atoms with E-state index in [1.165, 1.54) is 15.9 Å². The molecule has 3 aromatic rings. The smallest absolute Gasteiger partial charge is 0.309 e. The minimum absolute atomic E-state index is 0.0193. The van der Waals surface area contributed by atoms with E-state index in [0.29, 0.717) is 11.3 Å². The van der Waals surface area contributed by atoms with E-state index >= 15 is 0 Å². The lowest BCUT2D eigenvalue weighted by Gasteiger charge is -2.31. The van der Waals surface area contributed by atoms with Crippen molar-refractivity contribution in [1.82, 2.24) is 0 Å². The number of benzene rings is 3. The standard InChI is InChI=1S/C26H19F3N2O2/c1-2-30-21-13-12-18(26(27,28)29)16-22(21)31(19-9-4-3-5-10-19)24(33)25(23(30)32)15-14-17-8-6-7-11-20(17)25/h3-16H,2H2,1H3. The van der Waals surface area contributed by atoms with Gasteiger partial charge in [0.1, 0.15) is 0 Å². The molecule has 0 saturated heterocycles. The lowest BCUT2D eigenvalue weighted by Crippen LogP contribution is -2.52. The Balaban J connectivity index is 1.85. The summed E-state index contributed by atoms with van der Waals surface area (Å²) in [5.41, 5.74) is -0.677. The van der Waals surface area contributed by atoms with Gasteiger partial charge in [0.05, 0.1) is 16.9 Å². The topological polar surface area (TPSA) is 40.6 Å². The predicted molar refractivity (Wildman–Crippen MR) is 120 cm³/mol. The third-order valence-corrected chi connectivity index (χ3v) is 6.19. The maximum atomic E-state index is 14.3. The number of anilines is 3. The van der Waals surface area contributed by atoms with Crippen molar-refractivity contribution in [3.63, 3.8) is 0 Å². The van der Waals surface area contributed by atoms with E-state index in [9.17, 15) is 22.8 Å². The molecule has 1 spiro atoms. The van der Waals surface area contributed by atoms with E-state index in [1.807, 2.05) is 12.1 Å². The quantitative estimate of drug-likeness (QED) is 0.472. The molecule has 0 N–H and O–H groups in total. The van der Waals surface area contributed by atoms with Gasteiger partial charge in [-0.3, -0.25) is 14.5 Å². The minimum Gasteiger partial charge on any atom is -0.309 e. The number of carbonyl (C=O) groups excluding carboxylic acids is 2. The Morgan fingerprint density at radius 3 is 2.24 bits per heavy atom. The Morgan fingerprint density at radius 1 is 0.848 bits per heavy atom. The highest BCUT2D eigenvalue weighted by Crippen LogP contribution is 2.49. The molecule has 1 aliphatic carbocycles. The molecule has 1 heterocycles. The second kappa shape index (κ2) is 7.33. The van der Waals surface area contributed by atoms with Crippen LogP contribution in [0.2, 0.25) is 0 Å². The summed E-state index contributed by atoms with van der Waals surface area (Å²) in [6.45, 7) is 1.92. The summed E-state index contributed by atoms with van der Waals surface area (Å²) in [4.78, 5) is 30.9. The van der Waals surface area contributed by atoms with E-state index in [0.717, 1.165) is 17.7 Å². The Hall–Kier alpha value is -3.87. The molecule has 0 aromatic heterocycles. The van der Waals surface area contributed by atoms with Gasteiger partial charge in [0, 0.05) is 12.2 Å². The summed E-state index contributed by atoms with van der Waals surface area (Å²) in [6, 6.07) is 18.7. The van der Waals surface area contributed by atoms with Crippen molar-refractivity contribution in [2.45, 2.75) is 18.5 Å². The molecule has 0 bridgehead atoms. The van der Waals surface area contributed by atoms with Crippen molar-refractivity contribution in [3.8, 4) is 0 Å². The van der Waals surface area contributed by atoms with E-state index in [1.54, 1.807) is 61.5 Å². The van der Waals surface area contributed by atoms with Crippen LogP contribution in [0.3, 0.4) is 0 Å². The van der Waals surface area contributed by atoms with Crippen molar-refractivity contribution in [2.75, 3.05) is 16.3 Å². The monoisotopic (exact) mass is 448 g/mol. The molecule has 2 aliphatic rings. The van der Waals surface area contributed by atoms with Gasteiger partial charge in [0.25, 0.3) is 11.8 Å². The van der Waals surface area contributed by atoms with Gasteiger partial charge in [-0.2, -0.15) is 13.2 Å². The molecule has 33 heavy (non-hydrogen) atoms. The number of alkyl halides is 3. The summed E-state index contributed by atoms with van der Waals surface area (Å²) in [6.07, 6.45) is -1.32. The molecule has 5 rings (SSSR count).